The molecule has 1 heterocycles. The van der Waals surface area contributed by atoms with Gasteiger partial charge < -0.3 is 14.8 Å². The minimum Gasteiger partial charge on any atom is -0.489 e. The van der Waals surface area contributed by atoms with Crippen LogP contribution in [0, 0.1) is 5.82 Å². The van der Waals surface area contributed by atoms with Crippen LogP contribution in [0.25, 0.3) is 0 Å². The molecular weight excluding hydrogens is 407 g/mol. The molecule has 0 aliphatic carbocycles. The monoisotopic (exact) mass is 434 g/mol. The summed E-state index contributed by atoms with van der Waals surface area (Å²) in [6.45, 7) is 3.53. The molecule has 1 unspecified atom stereocenters. The van der Waals surface area contributed by atoms with E-state index < -0.39 is 0 Å². The third kappa shape index (κ3) is 5.93. The molecule has 1 saturated heterocycles. The van der Waals surface area contributed by atoms with Crippen molar-refractivity contribution in [3.05, 3.63) is 101 Å². The van der Waals surface area contributed by atoms with Gasteiger partial charge in [-0.25, -0.2) is 4.39 Å². The Balaban J connectivity index is 1.41. The number of carbonyl (C=O) groups excluding carboxylic acids is 1. The molecule has 5 nitrogen and oxygen atoms in total. The van der Waals surface area contributed by atoms with Gasteiger partial charge in [-0.3, -0.25) is 9.69 Å². The first-order valence-electron chi connectivity index (χ1n) is 10.8. The molecule has 1 aliphatic heterocycles. The van der Waals surface area contributed by atoms with Crippen LogP contribution in [0.5, 0.6) is 5.75 Å². The van der Waals surface area contributed by atoms with Gasteiger partial charge in [0.15, 0.2) is 0 Å². The van der Waals surface area contributed by atoms with Crippen molar-refractivity contribution in [2.45, 2.75) is 12.6 Å². The quantitative estimate of drug-likeness (QED) is 0.577. The van der Waals surface area contributed by atoms with Gasteiger partial charge in [0.05, 0.1) is 19.3 Å². The summed E-state index contributed by atoms with van der Waals surface area (Å²) in [6.07, 6.45) is 0. The first-order chi connectivity index (χ1) is 15.7. The van der Waals surface area contributed by atoms with Gasteiger partial charge in [-0.05, 0) is 41.5 Å². The van der Waals surface area contributed by atoms with Crippen LogP contribution < -0.4 is 10.1 Å². The Labute approximate surface area is 187 Å². The fraction of sp³-hybridized carbons (Fsp3) is 0.269. The van der Waals surface area contributed by atoms with E-state index in [1.54, 1.807) is 24.3 Å². The number of hydrogen-bond donors (Lipinski definition) is 1. The van der Waals surface area contributed by atoms with E-state index in [2.05, 4.69) is 10.2 Å². The highest BCUT2D eigenvalue weighted by molar-refractivity contribution is 5.94. The molecular formula is C26H27FN2O3. The highest BCUT2D eigenvalue weighted by Crippen LogP contribution is 2.22. The smallest absolute Gasteiger partial charge is 0.251 e. The molecule has 1 atom stereocenters. The van der Waals surface area contributed by atoms with Crippen LogP contribution in [-0.4, -0.2) is 43.7 Å². The molecule has 6 heteroatoms. The predicted molar refractivity (Wildman–Crippen MR) is 121 cm³/mol. The molecule has 32 heavy (non-hydrogen) atoms. The summed E-state index contributed by atoms with van der Waals surface area (Å²) in [5.41, 5.74) is 2.42. The lowest BCUT2D eigenvalue weighted by Crippen LogP contribution is -2.43. The molecule has 0 aromatic heterocycles. The van der Waals surface area contributed by atoms with Crippen LogP contribution in [0.1, 0.15) is 27.5 Å². The number of nitrogens with one attached hydrogen (secondary N) is 1. The molecule has 0 saturated carbocycles. The third-order valence-corrected chi connectivity index (χ3v) is 5.52. The van der Waals surface area contributed by atoms with E-state index in [1.807, 2.05) is 42.5 Å². The Kier molecular flexibility index (Phi) is 7.48. The fourth-order valence-corrected chi connectivity index (χ4v) is 3.82. The fourth-order valence-electron chi connectivity index (χ4n) is 3.82. The molecule has 0 spiro atoms. The van der Waals surface area contributed by atoms with Gasteiger partial charge in [-0.1, -0.05) is 48.5 Å². The normalized spacial score (nSPS) is 15.2. The van der Waals surface area contributed by atoms with Crippen molar-refractivity contribution < 1.29 is 18.7 Å². The van der Waals surface area contributed by atoms with Gasteiger partial charge in [0.1, 0.15) is 18.2 Å². The topological polar surface area (TPSA) is 50.8 Å². The van der Waals surface area contributed by atoms with Crippen molar-refractivity contribution in [1.82, 2.24) is 10.2 Å². The Morgan fingerprint density at radius 3 is 2.56 bits per heavy atom. The van der Waals surface area contributed by atoms with Crippen LogP contribution in [0.3, 0.4) is 0 Å². The lowest BCUT2D eigenvalue weighted by Gasteiger charge is -2.35. The molecule has 1 amide bonds. The molecule has 0 radical (unpaired) electrons. The van der Waals surface area contributed by atoms with E-state index in [9.17, 15) is 9.18 Å². The number of morpholine rings is 1. The lowest BCUT2D eigenvalue weighted by molar-refractivity contribution is 0.0162. The molecule has 3 aromatic carbocycles. The van der Waals surface area contributed by atoms with Crippen molar-refractivity contribution in [2.75, 3.05) is 32.8 Å². The average Bonchev–Trinajstić information content (AvgIpc) is 2.84. The van der Waals surface area contributed by atoms with Gasteiger partial charge >= 0.3 is 0 Å². The average molecular weight is 435 g/mol. The maximum atomic E-state index is 13.9. The minimum atomic E-state index is -0.282. The Bertz CT molecular complexity index is 1020. The molecule has 1 fully saturated rings. The van der Waals surface area contributed by atoms with Crippen LogP contribution in [0.4, 0.5) is 4.39 Å². The summed E-state index contributed by atoms with van der Waals surface area (Å²) in [7, 11) is 0. The number of ether oxygens (including phenoxy) is 2. The van der Waals surface area contributed by atoms with Crippen molar-refractivity contribution in [3.63, 3.8) is 0 Å². The third-order valence-electron chi connectivity index (χ3n) is 5.52. The molecule has 1 aliphatic rings. The number of hydrogen-bond acceptors (Lipinski definition) is 4. The largest absolute Gasteiger partial charge is 0.489 e. The van der Waals surface area contributed by atoms with Crippen molar-refractivity contribution in [1.29, 1.82) is 0 Å². The molecule has 4 rings (SSSR count). The molecule has 3 aromatic rings. The molecule has 0 bridgehead atoms. The van der Waals surface area contributed by atoms with Crippen LogP contribution in [0.2, 0.25) is 0 Å². The van der Waals surface area contributed by atoms with Gasteiger partial charge in [-0.2, -0.15) is 0 Å². The number of rotatable bonds is 8. The second kappa shape index (κ2) is 10.9. The highest BCUT2D eigenvalue weighted by Gasteiger charge is 2.24. The Hall–Kier alpha value is -3.22. The predicted octanol–water partition coefficient (Wildman–Crippen LogP) is 4.21. The van der Waals surface area contributed by atoms with Crippen LogP contribution in [-0.2, 0) is 11.3 Å². The van der Waals surface area contributed by atoms with Crippen molar-refractivity contribution >= 4 is 5.91 Å². The summed E-state index contributed by atoms with van der Waals surface area (Å²) in [5.74, 6) is 0.163. The standard InChI is InChI=1S/C26H27FN2O3/c27-23-10-4-8-21(16-23)25(29-12-14-31-15-13-29)18-28-26(30)22-9-5-11-24(17-22)32-19-20-6-2-1-3-7-20/h1-11,16-17,25H,12-15,18-19H2,(H,28,30). The number of carbonyl (C=O) groups is 1. The summed E-state index contributed by atoms with van der Waals surface area (Å²) >= 11 is 0. The molecule has 166 valence electrons. The number of amides is 1. The lowest BCUT2D eigenvalue weighted by atomic mass is 10.0. The van der Waals surface area contributed by atoms with Gasteiger partial charge in [0.2, 0.25) is 0 Å². The van der Waals surface area contributed by atoms with Crippen LogP contribution in [0.15, 0.2) is 78.9 Å². The maximum Gasteiger partial charge on any atom is 0.251 e. The SMILES string of the molecule is O=C(NCC(c1cccc(F)c1)N1CCOCC1)c1cccc(OCc2ccccc2)c1. The summed E-state index contributed by atoms with van der Waals surface area (Å²) < 4.78 is 25.2. The van der Waals surface area contributed by atoms with E-state index >= 15 is 0 Å². The van der Waals surface area contributed by atoms with E-state index in [4.69, 9.17) is 9.47 Å². The zero-order valence-electron chi connectivity index (χ0n) is 17.9. The van der Waals surface area contributed by atoms with E-state index in [1.165, 1.54) is 12.1 Å². The Morgan fingerprint density at radius 1 is 1.00 bits per heavy atom. The second-order valence-corrected chi connectivity index (χ2v) is 7.73. The number of halogens is 1. The number of benzene rings is 3. The zero-order valence-corrected chi connectivity index (χ0v) is 17.9. The first-order valence-corrected chi connectivity index (χ1v) is 10.8. The minimum absolute atomic E-state index is 0.129. The van der Waals surface area contributed by atoms with E-state index in [0.29, 0.717) is 37.7 Å². The van der Waals surface area contributed by atoms with Gasteiger partial charge in [0.25, 0.3) is 5.91 Å². The maximum absolute atomic E-state index is 13.9. The summed E-state index contributed by atoms with van der Waals surface area (Å²) in [5, 5.41) is 3.02. The van der Waals surface area contributed by atoms with Crippen molar-refractivity contribution in [2.24, 2.45) is 0 Å². The second-order valence-electron chi connectivity index (χ2n) is 7.73. The molecule has 1 N–H and O–H groups in total. The van der Waals surface area contributed by atoms with Crippen LogP contribution >= 0.6 is 0 Å². The first kappa shape index (κ1) is 22.0. The van der Waals surface area contributed by atoms with E-state index in [0.717, 1.165) is 24.2 Å². The zero-order chi connectivity index (χ0) is 22.2. The highest BCUT2D eigenvalue weighted by atomic mass is 19.1. The van der Waals surface area contributed by atoms with Gasteiger partial charge in [0, 0.05) is 25.2 Å². The van der Waals surface area contributed by atoms with E-state index in [-0.39, 0.29) is 17.8 Å². The summed E-state index contributed by atoms with van der Waals surface area (Å²) in [6, 6.07) is 23.5. The van der Waals surface area contributed by atoms with Gasteiger partial charge in [-0.15, -0.1) is 0 Å². The Morgan fingerprint density at radius 2 is 1.78 bits per heavy atom. The van der Waals surface area contributed by atoms with Crippen molar-refractivity contribution in [3.8, 4) is 5.75 Å². The number of nitrogens with zero attached hydrogens (tertiary/aromatic N) is 1. The summed E-state index contributed by atoms with van der Waals surface area (Å²) in [4.78, 5) is 15.1.